The van der Waals surface area contributed by atoms with E-state index in [-0.39, 0.29) is 24.5 Å². The number of amides is 1. The van der Waals surface area contributed by atoms with Crippen molar-refractivity contribution >= 4 is 5.91 Å². The minimum atomic E-state index is -0.586. The van der Waals surface area contributed by atoms with Crippen LogP contribution in [-0.4, -0.2) is 47.8 Å². The second-order valence-corrected chi connectivity index (χ2v) is 5.44. The zero-order chi connectivity index (χ0) is 14.1. The zero-order valence-electron chi connectivity index (χ0n) is 11.5. The maximum atomic E-state index is 12.4. The number of likely N-dealkylation sites (tertiary alicyclic amines) is 1. The highest BCUT2D eigenvalue weighted by molar-refractivity contribution is 5.82. The highest BCUT2D eigenvalue weighted by atomic mass is 16.6. The molecule has 108 valence electrons. The molecule has 0 saturated carbocycles. The number of para-hydroxylation sites is 2. The summed E-state index contributed by atoms with van der Waals surface area (Å²) in [5, 5.41) is 9.60. The SMILES string of the molecule is CC(O)C1CCN(C(=O)C2COc3ccccc3O2)C1. The van der Waals surface area contributed by atoms with Gasteiger partial charge in [-0.15, -0.1) is 0 Å². The lowest BCUT2D eigenvalue weighted by Crippen LogP contribution is -2.45. The predicted molar refractivity (Wildman–Crippen MR) is 72.7 cm³/mol. The van der Waals surface area contributed by atoms with Gasteiger partial charge in [0.05, 0.1) is 6.10 Å². The molecule has 20 heavy (non-hydrogen) atoms. The molecule has 3 atom stereocenters. The zero-order valence-corrected chi connectivity index (χ0v) is 11.5. The Labute approximate surface area is 118 Å². The topological polar surface area (TPSA) is 59.0 Å². The third-order valence-electron chi connectivity index (χ3n) is 4.00. The van der Waals surface area contributed by atoms with Gasteiger partial charge in [0.1, 0.15) is 6.61 Å². The lowest BCUT2D eigenvalue weighted by molar-refractivity contribution is -0.140. The summed E-state index contributed by atoms with van der Waals surface area (Å²) in [4.78, 5) is 14.2. The summed E-state index contributed by atoms with van der Waals surface area (Å²) in [6.07, 6.45) is -0.122. The van der Waals surface area contributed by atoms with Crippen LogP contribution in [0.2, 0.25) is 0 Å². The van der Waals surface area contributed by atoms with Gasteiger partial charge in [-0.05, 0) is 25.5 Å². The Morgan fingerprint density at radius 3 is 2.85 bits per heavy atom. The van der Waals surface area contributed by atoms with Crippen LogP contribution in [0.1, 0.15) is 13.3 Å². The summed E-state index contributed by atoms with van der Waals surface area (Å²) in [6, 6.07) is 7.36. The van der Waals surface area contributed by atoms with Crippen molar-refractivity contribution in [2.24, 2.45) is 5.92 Å². The predicted octanol–water partition coefficient (Wildman–Crippen LogP) is 1.06. The molecule has 5 heteroatoms. The third kappa shape index (κ3) is 2.45. The van der Waals surface area contributed by atoms with Crippen molar-refractivity contribution in [3.63, 3.8) is 0 Å². The summed E-state index contributed by atoms with van der Waals surface area (Å²) in [5.74, 6) is 1.40. The normalized spacial score (nSPS) is 26.4. The van der Waals surface area contributed by atoms with E-state index in [2.05, 4.69) is 0 Å². The quantitative estimate of drug-likeness (QED) is 0.878. The van der Waals surface area contributed by atoms with E-state index in [1.165, 1.54) is 0 Å². The van der Waals surface area contributed by atoms with Gasteiger partial charge in [-0.2, -0.15) is 0 Å². The van der Waals surface area contributed by atoms with Crippen LogP contribution < -0.4 is 9.47 Å². The lowest BCUT2D eigenvalue weighted by atomic mass is 10.0. The highest BCUT2D eigenvalue weighted by Crippen LogP contribution is 2.32. The summed E-state index contributed by atoms with van der Waals surface area (Å²) in [7, 11) is 0. The monoisotopic (exact) mass is 277 g/mol. The molecule has 5 nitrogen and oxygen atoms in total. The van der Waals surface area contributed by atoms with Crippen molar-refractivity contribution in [3.8, 4) is 11.5 Å². The molecule has 0 radical (unpaired) electrons. The fourth-order valence-corrected chi connectivity index (χ4v) is 2.73. The van der Waals surface area contributed by atoms with Crippen molar-refractivity contribution in [2.45, 2.75) is 25.6 Å². The van der Waals surface area contributed by atoms with Gasteiger partial charge in [-0.25, -0.2) is 0 Å². The first-order chi connectivity index (χ1) is 9.65. The standard InChI is InChI=1S/C15H19NO4/c1-10(17)11-6-7-16(8-11)15(18)14-9-19-12-4-2-3-5-13(12)20-14/h2-5,10-11,14,17H,6-9H2,1H3. The van der Waals surface area contributed by atoms with Crippen LogP contribution in [0, 0.1) is 5.92 Å². The Hall–Kier alpha value is -1.75. The summed E-state index contributed by atoms with van der Waals surface area (Å²) >= 11 is 0. The molecule has 1 N–H and O–H groups in total. The van der Waals surface area contributed by atoms with Crippen LogP contribution in [-0.2, 0) is 4.79 Å². The van der Waals surface area contributed by atoms with Gasteiger partial charge in [0, 0.05) is 19.0 Å². The number of carbonyl (C=O) groups is 1. The van der Waals surface area contributed by atoms with Gasteiger partial charge < -0.3 is 19.5 Å². The number of rotatable bonds is 2. The molecule has 0 spiro atoms. The summed E-state index contributed by atoms with van der Waals surface area (Å²) in [5.41, 5.74) is 0. The maximum absolute atomic E-state index is 12.4. The van der Waals surface area contributed by atoms with E-state index in [0.29, 0.717) is 24.6 Å². The number of carbonyl (C=O) groups excluding carboxylic acids is 1. The smallest absolute Gasteiger partial charge is 0.267 e. The highest BCUT2D eigenvalue weighted by Gasteiger charge is 2.35. The molecule has 0 bridgehead atoms. The van der Waals surface area contributed by atoms with E-state index >= 15 is 0 Å². The number of benzene rings is 1. The Kier molecular flexibility index (Phi) is 3.53. The number of fused-ring (bicyclic) bond motifs is 1. The fourth-order valence-electron chi connectivity index (χ4n) is 2.73. The van der Waals surface area contributed by atoms with Gasteiger partial charge >= 0.3 is 0 Å². The lowest BCUT2D eigenvalue weighted by Gasteiger charge is -2.28. The van der Waals surface area contributed by atoms with Gasteiger partial charge in [0.15, 0.2) is 11.5 Å². The number of ether oxygens (including phenoxy) is 2. The summed E-state index contributed by atoms with van der Waals surface area (Å²) < 4.78 is 11.3. The van der Waals surface area contributed by atoms with E-state index < -0.39 is 6.10 Å². The third-order valence-corrected chi connectivity index (χ3v) is 4.00. The molecule has 0 aromatic heterocycles. The Morgan fingerprint density at radius 2 is 2.15 bits per heavy atom. The number of hydrogen-bond donors (Lipinski definition) is 1. The minimum absolute atomic E-state index is 0.0531. The molecular weight excluding hydrogens is 258 g/mol. The van der Waals surface area contributed by atoms with Crippen LogP contribution in [0.15, 0.2) is 24.3 Å². The molecule has 2 heterocycles. The molecule has 3 rings (SSSR count). The number of aliphatic hydroxyl groups is 1. The van der Waals surface area contributed by atoms with Crippen molar-refractivity contribution in [3.05, 3.63) is 24.3 Å². The van der Waals surface area contributed by atoms with Gasteiger partial charge in [0.2, 0.25) is 6.10 Å². The molecule has 1 amide bonds. The molecule has 2 aliphatic heterocycles. The van der Waals surface area contributed by atoms with E-state index in [0.717, 1.165) is 6.42 Å². The first kappa shape index (κ1) is 13.2. The molecule has 2 aliphatic rings. The number of nitrogens with zero attached hydrogens (tertiary/aromatic N) is 1. The number of aliphatic hydroxyl groups excluding tert-OH is 1. The first-order valence-corrected chi connectivity index (χ1v) is 7.00. The second kappa shape index (κ2) is 5.32. The van der Waals surface area contributed by atoms with Crippen LogP contribution in [0.25, 0.3) is 0 Å². The van der Waals surface area contributed by atoms with Gasteiger partial charge in [0.25, 0.3) is 5.91 Å². The second-order valence-electron chi connectivity index (χ2n) is 5.44. The molecule has 3 unspecified atom stereocenters. The molecule has 0 aliphatic carbocycles. The van der Waals surface area contributed by atoms with Crippen LogP contribution in [0.3, 0.4) is 0 Å². The van der Waals surface area contributed by atoms with Crippen molar-refractivity contribution in [2.75, 3.05) is 19.7 Å². The average Bonchev–Trinajstić information content (AvgIpc) is 2.96. The van der Waals surface area contributed by atoms with E-state index in [9.17, 15) is 9.90 Å². The van der Waals surface area contributed by atoms with Gasteiger partial charge in [-0.3, -0.25) is 4.79 Å². The summed E-state index contributed by atoms with van der Waals surface area (Å²) in [6.45, 7) is 3.29. The van der Waals surface area contributed by atoms with Crippen LogP contribution in [0.4, 0.5) is 0 Å². The number of hydrogen-bond acceptors (Lipinski definition) is 4. The first-order valence-electron chi connectivity index (χ1n) is 7.00. The molecule has 1 fully saturated rings. The largest absolute Gasteiger partial charge is 0.485 e. The van der Waals surface area contributed by atoms with Gasteiger partial charge in [-0.1, -0.05) is 12.1 Å². The Bertz CT molecular complexity index is 502. The minimum Gasteiger partial charge on any atom is -0.485 e. The average molecular weight is 277 g/mol. The fraction of sp³-hybridized carbons (Fsp3) is 0.533. The Balaban J connectivity index is 1.65. The van der Waals surface area contributed by atoms with Crippen LogP contribution in [0.5, 0.6) is 11.5 Å². The molecule has 1 saturated heterocycles. The maximum Gasteiger partial charge on any atom is 0.267 e. The molecular formula is C15H19NO4. The van der Waals surface area contributed by atoms with Crippen molar-refractivity contribution in [1.82, 2.24) is 4.90 Å². The Morgan fingerprint density at radius 1 is 1.40 bits per heavy atom. The molecule has 1 aromatic rings. The van der Waals surface area contributed by atoms with E-state index in [4.69, 9.17) is 9.47 Å². The molecule has 1 aromatic carbocycles. The van der Waals surface area contributed by atoms with E-state index in [1.807, 2.05) is 18.2 Å². The van der Waals surface area contributed by atoms with Crippen LogP contribution >= 0.6 is 0 Å². The van der Waals surface area contributed by atoms with Crippen molar-refractivity contribution < 1.29 is 19.4 Å². The van der Waals surface area contributed by atoms with Crippen molar-refractivity contribution in [1.29, 1.82) is 0 Å². The van der Waals surface area contributed by atoms with E-state index in [1.54, 1.807) is 17.9 Å².